The molecule has 1 unspecified atom stereocenters. The molecule has 0 aromatic heterocycles. The second kappa shape index (κ2) is 11.5. The fourth-order valence-electron chi connectivity index (χ4n) is 4.49. The Morgan fingerprint density at radius 1 is 1.05 bits per heavy atom. The van der Waals surface area contributed by atoms with Gasteiger partial charge < -0.3 is 15.4 Å². The molecule has 2 amide bonds. The van der Waals surface area contributed by atoms with Crippen LogP contribution in [0.3, 0.4) is 0 Å². The lowest BCUT2D eigenvalue weighted by Gasteiger charge is -2.37. The Bertz CT molecular complexity index is 1530. The topological polar surface area (TPSA) is 122 Å². The zero-order valence-electron chi connectivity index (χ0n) is 21.6. The first-order valence-electron chi connectivity index (χ1n) is 12.1. The van der Waals surface area contributed by atoms with Crippen molar-refractivity contribution >= 4 is 50.8 Å². The molecule has 2 atom stereocenters. The number of carbonyl (C=O) groups is 3. The molecule has 0 bridgehead atoms. The molecule has 1 aliphatic heterocycles. The largest absolute Gasteiger partial charge is 0.467 e. The molecule has 1 heterocycles. The van der Waals surface area contributed by atoms with E-state index >= 15 is 0 Å². The van der Waals surface area contributed by atoms with Crippen molar-refractivity contribution < 1.29 is 27.5 Å². The van der Waals surface area contributed by atoms with Crippen molar-refractivity contribution in [2.75, 3.05) is 16.7 Å². The fourth-order valence-corrected chi connectivity index (χ4v) is 6.63. The number of methoxy groups -OCH3 is 1. The Kier molecular flexibility index (Phi) is 8.27. The van der Waals surface area contributed by atoms with E-state index in [1.807, 2.05) is 6.07 Å². The van der Waals surface area contributed by atoms with Crippen LogP contribution < -0.4 is 14.9 Å². The summed E-state index contributed by atoms with van der Waals surface area (Å²) in [5.41, 5.74) is 2.24. The first kappa shape index (κ1) is 28.1. The van der Waals surface area contributed by atoms with Crippen LogP contribution in [0.1, 0.15) is 23.1 Å². The highest BCUT2D eigenvalue weighted by Gasteiger charge is 2.43. The van der Waals surface area contributed by atoms with E-state index in [0.717, 1.165) is 9.87 Å². The number of nitrogens with zero attached hydrogens (tertiary/aromatic N) is 1. The van der Waals surface area contributed by atoms with Crippen molar-refractivity contribution in [2.24, 2.45) is 0 Å². The number of ether oxygens (including phenoxy) is 1. The second-order valence-corrected chi connectivity index (χ2v) is 11.4. The molecular weight excluding hydrogens is 542 g/mol. The predicted molar refractivity (Wildman–Crippen MR) is 148 cm³/mol. The smallest absolute Gasteiger partial charge is 0.328 e. The lowest BCUT2D eigenvalue weighted by Crippen LogP contribution is -2.54. The van der Waals surface area contributed by atoms with Crippen LogP contribution in [0.4, 0.5) is 11.4 Å². The van der Waals surface area contributed by atoms with Crippen LogP contribution in [0.2, 0.25) is 5.02 Å². The van der Waals surface area contributed by atoms with Crippen molar-refractivity contribution in [1.82, 2.24) is 5.32 Å². The number of halogens is 1. The maximum Gasteiger partial charge on any atom is 0.328 e. The first-order chi connectivity index (χ1) is 18.5. The molecule has 9 nitrogen and oxygen atoms in total. The SMILES string of the molecule is COC(=O)C(Cc1ccccc1)NC(=O)C[C@@H]1C(=O)Nc2ccccc2N1S(=O)(=O)c1cc(C)c(Cl)cc1C. The summed E-state index contributed by atoms with van der Waals surface area (Å²) in [6.45, 7) is 3.29. The molecule has 39 heavy (non-hydrogen) atoms. The van der Waals surface area contributed by atoms with Gasteiger partial charge in [-0.05, 0) is 54.8 Å². The van der Waals surface area contributed by atoms with Gasteiger partial charge in [0, 0.05) is 11.4 Å². The average Bonchev–Trinajstić information content (AvgIpc) is 2.90. The molecule has 0 fully saturated rings. The normalized spacial score (nSPS) is 15.6. The van der Waals surface area contributed by atoms with Crippen molar-refractivity contribution in [1.29, 1.82) is 0 Å². The molecule has 0 aliphatic carbocycles. The molecule has 4 rings (SSSR count). The highest BCUT2D eigenvalue weighted by atomic mass is 35.5. The Morgan fingerprint density at radius 3 is 2.41 bits per heavy atom. The van der Waals surface area contributed by atoms with Crippen LogP contribution in [0.15, 0.2) is 71.6 Å². The Balaban J connectivity index is 1.69. The number of para-hydroxylation sites is 2. The summed E-state index contributed by atoms with van der Waals surface area (Å²) >= 11 is 6.20. The van der Waals surface area contributed by atoms with E-state index in [2.05, 4.69) is 10.6 Å². The fraction of sp³-hybridized carbons (Fsp3) is 0.250. The number of esters is 1. The minimum atomic E-state index is -4.33. The molecule has 3 aromatic rings. The van der Waals surface area contributed by atoms with Gasteiger partial charge in [0.15, 0.2) is 0 Å². The molecule has 0 saturated carbocycles. The van der Waals surface area contributed by atoms with E-state index in [-0.39, 0.29) is 17.0 Å². The van der Waals surface area contributed by atoms with Crippen LogP contribution in [-0.4, -0.2) is 45.4 Å². The average molecular weight is 570 g/mol. The summed E-state index contributed by atoms with van der Waals surface area (Å²) in [4.78, 5) is 38.9. The molecule has 3 aromatic carbocycles. The molecule has 0 spiro atoms. The van der Waals surface area contributed by atoms with E-state index in [9.17, 15) is 22.8 Å². The third kappa shape index (κ3) is 5.91. The highest BCUT2D eigenvalue weighted by Crippen LogP contribution is 2.38. The standard InChI is InChI=1S/C28H28ClN3O6S/c1-17-14-25(18(2)13-20(17)29)39(36,37)32-23-12-8-7-11-21(23)31-27(34)24(32)16-26(33)30-22(28(35)38-3)15-19-9-5-4-6-10-19/h4-14,22,24H,15-16H2,1-3H3,(H,30,33)(H,31,34)/t22?,24-/m1/s1. The summed E-state index contributed by atoms with van der Waals surface area (Å²) in [6, 6.07) is 16.0. The van der Waals surface area contributed by atoms with Crippen molar-refractivity contribution in [3.63, 3.8) is 0 Å². The summed E-state index contributed by atoms with van der Waals surface area (Å²) in [5.74, 6) is -2.03. The van der Waals surface area contributed by atoms with Gasteiger partial charge >= 0.3 is 5.97 Å². The van der Waals surface area contributed by atoms with Gasteiger partial charge in [-0.15, -0.1) is 0 Å². The summed E-state index contributed by atoms with van der Waals surface area (Å²) in [5, 5.41) is 5.72. The number of benzene rings is 3. The number of nitrogens with one attached hydrogen (secondary N) is 2. The van der Waals surface area contributed by atoms with Crippen LogP contribution in [0, 0.1) is 13.8 Å². The molecule has 204 valence electrons. The number of amides is 2. The first-order valence-corrected chi connectivity index (χ1v) is 14.0. The molecule has 11 heteroatoms. The lowest BCUT2D eigenvalue weighted by atomic mass is 10.0. The van der Waals surface area contributed by atoms with Gasteiger partial charge in [-0.1, -0.05) is 54.1 Å². The van der Waals surface area contributed by atoms with Gasteiger partial charge in [0.05, 0.1) is 29.8 Å². The van der Waals surface area contributed by atoms with Gasteiger partial charge in [-0.2, -0.15) is 0 Å². The van der Waals surface area contributed by atoms with Crippen LogP contribution >= 0.6 is 11.6 Å². The number of rotatable bonds is 8. The van der Waals surface area contributed by atoms with Gasteiger partial charge in [0.2, 0.25) is 11.8 Å². The number of carbonyl (C=O) groups excluding carboxylic acids is 3. The number of hydrogen-bond donors (Lipinski definition) is 2. The van der Waals surface area contributed by atoms with Crippen molar-refractivity contribution in [3.05, 3.63) is 88.4 Å². The minimum absolute atomic E-state index is 0.0316. The van der Waals surface area contributed by atoms with Gasteiger partial charge in [-0.25, -0.2) is 13.2 Å². The molecule has 0 saturated heterocycles. The van der Waals surface area contributed by atoms with E-state index in [1.165, 1.54) is 13.2 Å². The molecular formula is C28H28ClN3O6S. The number of aryl methyl sites for hydroxylation is 2. The van der Waals surface area contributed by atoms with Crippen molar-refractivity contribution in [3.8, 4) is 0 Å². The van der Waals surface area contributed by atoms with E-state index in [1.54, 1.807) is 68.4 Å². The monoisotopic (exact) mass is 569 g/mol. The molecule has 2 N–H and O–H groups in total. The van der Waals surface area contributed by atoms with Crippen LogP contribution in [0.5, 0.6) is 0 Å². The third-order valence-corrected chi connectivity index (χ3v) is 8.83. The molecule has 0 radical (unpaired) electrons. The van der Waals surface area contributed by atoms with E-state index in [4.69, 9.17) is 16.3 Å². The Hall–Kier alpha value is -3.89. The maximum absolute atomic E-state index is 14.1. The zero-order chi connectivity index (χ0) is 28.3. The summed E-state index contributed by atoms with van der Waals surface area (Å²) in [6.07, 6.45) is -0.377. The van der Waals surface area contributed by atoms with E-state index in [0.29, 0.717) is 21.8 Å². The summed E-state index contributed by atoms with van der Waals surface area (Å²) in [7, 11) is -3.12. The summed E-state index contributed by atoms with van der Waals surface area (Å²) < 4.78 is 34.0. The minimum Gasteiger partial charge on any atom is -0.467 e. The second-order valence-electron chi connectivity index (χ2n) is 9.23. The third-order valence-electron chi connectivity index (χ3n) is 6.46. The van der Waals surface area contributed by atoms with Gasteiger partial charge in [0.25, 0.3) is 10.0 Å². The van der Waals surface area contributed by atoms with Crippen LogP contribution in [0.25, 0.3) is 0 Å². The number of anilines is 2. The lowest BCUT2D eigenvalue weighted by molar-refractivity contribution is -0.145. The number of hydrogen-bond acceptors (Lipinski definition) is 6. The Labute approximate surface area is 232 Å². The highest BCUT2D eigenvalue weighted by molar-refractivity contribution is 7.93. The molecule has 1 aliphatic rings. The van der Waals surface area contributed by atoms with Gasteiger partial charge in [0.1, 0.15) is 12.1 Å². The number of sulfonamides is 1. The number of fused-ring (bicyclic) bond motifs is 1. The van der Waals surface area contributed by atoms with E-state index < -0.39 is 46.3 Å². The van der Waals surface area contributed by atoms with Crippen molar-refractivity contribution in [2.45, 2.75) is 43.7 Å². The van der Waals surface area contributed by atoms with Crippen LogP contribution in [-0.2, 0) is 35.6 Å². The quantitative estimate of drug-likeness (QED) is 0.398. The predicted octanol–water partition coefficient (Wildman–Crippen LogP) is 3.76. The zero-order valence-corrected chi connectivity index (χ0v) is 23.2. The van der Waals surface area contributed by atoms with Gasteiger partial charge in [-0.3, -0.25) is 13.9 Å². The Morgan fingerprint density at radius 2 is 1.72 bits per heavy atom. The maximum atomic E-state index is 14.1.